The summed E-state index contributed by atoms with van der Waals surface area (Å²) in [6.45, 7) is 0. The Hall–Kier alpha value is -2.73. The maximum atomic E-state index is 7.07. The van der Waals surface area contributed by atoms with Gasteiger partial charge in [0.25, 0.3) is 0 Å². The molecule has 4 aromatic carbocycles. The summed E-state index contributed by atoms with van der Waals surface area (Å²) in [5.74, 6) is 0. The quantitative estimate of drug-likeness (QED) is 0.272. The fourth-order valence-electron chi connectivity index (χ4n) is 3.77. The van der Waals surface area contributed by atoms with Crippen molar-refractivity contribution in [2.24, 2.45) is 0 Å². The molecule has 0 amide bonds. The van der Waals surface area contributed by atoms with Gasteiger partial charge in [-0.05, 0) is 46.4 Å². The van der Waals surface area contributed by atoms with E-state index in [1.54, 1.807) is 0 Å². The molecule has 0 aliphatic carbocycles. The molecule has 0 spiro atoms. The second kappa shape index (κ2) is 11.6. The van der Waals surface area contributed by atoms with Crippen LogP contribution in [-0.2, 0) is 28.3 Å². The van der Waals surface area contributed by atoms with Crippen LogP contribution in [0.15, 0.2) is 121 Å². The second-order valence-electron chi connectivity index (χ2n) is 7.83. The minimum atomic E-state index is -1.04. The van der Waals surface area contributed by atoms with Gasteiger partial charge in [0, 0.05) is 0 Å². The van der Waals surface area contributed by atoms with Gasteiger partial charge in [0.05, 0.1) is 0 Å². The van der Waals surface area contributed by atoms with Crippen LogP contribution in [0.25, 0.3) is 0 Å². The summed E-state index contributed by atoms with van der Waals surface area (Å²) < 4.78 is 7.07. The van der Waals surface area contributed by atoms with Crippen molar-refractivity contribution in [2.75, 3.05) is 0 Å². The zero-order valence-electron chi connectivity index (χ0n) is 17.8. The summed E-state index contributed by atoms with van der Waals surface area (Å²) in [6.07, 6.45) is 0. The minimum absolute atomic E-state index is 1.04. The van der Waals surface area contributed by atoms with Crippen molar-refractivity contribution in [3.05, 3.63) is 144 Å². The molecule has 31 heavy (non-hydrogen) atoms. The molecule has 0 atom stereocenters. The van der Waals surface area contributed by atoms with E-state index in [1.165, 1.54) is 22.3 Å². The van der Waals surface area contributed by atoms with E-state index in [4.69, 9.17) is 4.12 Å². The molecule has 0 saturated heterocycles. The van der Waals surface area contributed by atoms with E-state index in [0.717, 1.165) is 24.2 Å². The van der Waals surface area contributed by atoms with E-state index in [2.05, 4.69) is 121 Å². The first-order chi connectivity index (χ1) is 15.3. The van der Waals surface area contributed by atoms with Gasteiger partial charge in [-0.1, -0.05) is 121 Å². The Kier molecular flexibility index (Phi) is 8.05. The number of rotatable bonds is 10. The highest BCUT2D eigenvalue weighted by molar-refractivity contribution is 6.65. The molecule has 4 rings (SSSR count). The van der Waals surface area contributed by atoms with Crippen molar-refractivity contribution in [1.29, 1.82) is 0 Å². The summed E-state index contributed by atoms with van der Waals surface area (Å²) in [5.41, 5.74) is 5.53. The molecule has 1 nitrogen and oxygen atoms in total. The summed E-state index contributed by atoms with van der Waals surface area (Å²) >= 11 is 0. The molecule has 4 aromatic rings. The van der Waals surface area contributed by atoms with Crippen LogP contribution < -0.4 is 0 Å². The second-order valence-corrected chi connectivity index (χ2v) is 12.2. The first-order valence-electron chi connectivity index (χ1n) is 10.9. The third kappa shape index (κ3) is 7.18. The largest absolute Gasteiger partial charge is 0.455 e. The van der Waals surface area contributed by atoms with Crippen molar-refractivity contribution in [3.8, 4) is 0 Å². The van der Waals surface area contributed by atoms with Gasteiger partial charge in [-0.15, -0.1) is 0 Å². The van der Waals surface area contributed by atoms with Gasteiger partial charge in [-0.2, -0.15) is 0 Å². The predicted octanol–water partition coefficient (Wildman–Crippen LogP) is 6.11. The van der Waals surface area contributed by atoms with Gasteiger partial charge in [0.15, 0.2) is 0 Å². The van der Waals surface area contributed by atoms with Gasteiger partial charge in [0.1, 0.15) is 0 Å². The third-order valence-corrected chi connectivity index (χ3v) is 10.8. The van der Waals surface area contributed by atoms with Crippen LogP contribution in [0.3, 0.4) is 0 Å². The number of hydrogen-bond acceptors (Lipinski definition) is 1. The monoisotopic (exact) mass is 436 g/mol. The molecule has 0 bridgehead atoms. The van der Waals surface area contributed by atoms with E-state index >= 15 is 0 Å². The van der Waals surface area contributed by atoms with Crippen LogP contribution in [0.2, 0.25) is 0 Å². The van der Waals surface area contributed by atoms with Crippen LogP contribution in [-0.4, -0.2) is 18.1 Å². The van der Waals surface area contributed by atoms with Crippen molar-refractivity contribution in [2.45, 2.75) is 24.2 Å². The third-order valence-electron chi connectivity index (χ3n) is 5.27. The Morgan fingerprint density at radius 2 is 0.581 bits per heavy atom. The van der Waals surface area contributed by atoms with Crippen LogP contribution in [0, 0.1) is 0 Å². The Morgan fingerprint density at radius 3 is 0.806 bits per heavy atom. The lowest BCUT2D eigenvalue weighted by Crippen LogP contribution is -2.37. The molecule has 0 saturated carbocycles. The maximum Gasteiger partial charge on any atom is 0.207 e. The van der Waals surface area contributed by atoms with Gasteiger partial charge in [-0.3, -0.25) is 0 Å². The predicted molar refractivity (Wildman–Crippen MR) is 133 cm³/mol. The molecule has 0 aliphatic heterocycles. The Labute approximate surface area is 189 Å². The fourth-order valence-corrected chi connectivity index (χ4v) is 9.57. The highest BCUT2D eigenvalue weighted by atomic mass is 28.4. The van der Waals surface area contributed by atoms with Gasteiger partial charge >= 0.3 is 0 Å². The molecule has 154 valence electrons. The average molecular weight is 437 g/mol. The number of benzene rings is 4. The smallest absolute Gasteiger partial charge is 0.207 e. The van der Waals surface area contributed by atoms with Gasteiger partial charge in [0.2, 0.25) is 18.1 Å². The standard InChI is InChI=1S/C28H28OSi2/c1-5-13-25(14-6-1)21-30(22-26-15-7-2-8-16-26)29-31(23-27-17-9-3-10-18-27)24-28-19-11-4-12-20-28/h1-20H,21-24H2. The molecule has 0 aromatic heterocycles. The normalized spacial score (nSPS) is 11.2. The van der Waals surface area contributed by atoms with Crippen molar-refractivity contribution in [1.82, 2.24) is 0 Å². The van der Waals surface area contributed by atoms with E-state index < -0.39 is 18.1 Å². The molecule has 0 heterocycles. The lowest BCUT2D eigenvalue weighted by Gasteiger charge is -2.23. The highest BCUT2D eigenvalue weighted by Gasteiger charge is 2.23. The molecule has 0 N–H and O–H groups in total. The molecular weight excluding hydrogens is 408 g/mol. The van der Waals surface area contributed by atoms with E-state index in [9.17, 15) is 0 Å². The van der Waals surface area contributed by atoms with Crippen molar-refractivity contribution in [3.63, 3.8) is 0 Å². The summed E-state index contributed by atoms with van der Waals surface area (Å²) in [5, 5.41) is 0. The summed E-state index contributed by atoms with van der Waals surface area (Å²) in [4.78, 5) is 0. The Balaban J connectivity index is 1.55. The molecule has 0 fully saturated rings. The van der Waals surface area contributed by atoms with E-state index in [-0.39, 0.29) is 0 Å². The Bertz CT molecular complexity index is 840. The topological polar surface area (TPSA) is 9.23 Å². The highest BCUT2D eigenvalue weighted by Crippen LogP contribution is 2.15. The zero-order valence-corrected chi connectivity index (χ0v) is 19.8. The lowest BCUT2D eigenvalue weighted by atomic mass is 10.2. The van der Waals surface area contributed by atoms with Crippen LogP contribution in [0.5, 0.6) is 0 Å². The van der Waals surface area contributed by atoms with E-state index in [0.29, 0.717) is 0 Å². The summed E-state index contributed by atoms with van der Waals surface area (Å²) in [6, 6.07) is 47.5. The fraction of sp³-hybridized carbons (Fsp3) is 0.143. The van der Waals surface area contributed by atoms with Crippen LogP contribution in [0.1, 0.15) is 22.3 Å². The zero-order chi connectivity index (χ0) is 21.1. The summed E-state index contributed by atoms with van der Waals surface area (Å²) in [7, 11) is -2.08. The number of hydrogen-bond donors (Lipinski definition) is 0. The molecule has 0 aliphatic rings. The van der Waals surface area contributed by atoms with Crippen molar-refractivity contribution < 1.29 is 4.12 Å². The lowest BCUT2D eigenvalue weighted by molar-refractivity contribution is 0.568. The SMILES string of the molecule is c1ccc(C[Si](Cc2ccccc2)O[Si](Cc2ccccc2)Cc2ccccc2)cc1. The van der Waals surface area contributed by atoms with Gasteiger partial charge < -0.3 is 4.12 Å². The van der Waals surface area contributed by atoms with Crippen LogP contribution >= 0.6 is 0 Å². The van der Waals surface area contributed by atoms with Gasteiger partial charge in [-0.25, -0.2) is 0 Å². The maximum absolute atomic E-state index is 7.07. The molecule has 2 radical (unpaired) electrons. The Morgan fingerprint density at radius 1 is 0.355 bits per heavy atom. The van der Waals surface area contributed by atoms with Crippen LogP contribution in [0.4, 0.5) is 0 Å². The first-order valence-corrected chi connectivity index (χ1v) is 14.5. The van der Waals surface area contributed by atoms with E-state index in [1.807, 2.05) is 0 Å². The molecule has 3 heteroatoms. The molecular formula is C28H28OSi2. The first kappa shape index (κ1) is 21.5. The average Bonchev–Trinajstić information content (AvgIpc) is 2.82. The molecule has 0 unspecified atom stereocenters. The minimum Gasteiger partial charge on any atom is -0.455 e. The van der Waals surface area contributed by atoms with Crippen molar-refractivity contribution >= 4 is 18.1 Å².